The monoisotopic (exact) mass is 245 g/mol. The van der Waals surface area contributed by atoms with Gasteiger partial charge in [-0.3, -0.25) is 5.32 Å². The minimum Gasteiger partial charge on any atom is -0.256 e. The number of rotatable bonds is 5. The van der Waals surface area contributed by atoms with E-state index in [1.165, 1.54) is 0 Å². The van der Waals surface area contributed by atoms with Gasteiger partial charge in [-0.05, 0) is 20.8 Å². The molecule has 0 aromatic carbocycles. The summed E-state index contributed by atoms with van der Waals surface area (Å²) >= 11 is 0. The van der Waals surface area contributed by atoms with Crippen LogP contribution in [0.3, 0.4) is 0 Å². The van der Waals surface area contributed by atoms with Crippen LogP contribution >= 0.6 is 16.5 Å². The van der Waals surface area contributed by atoms with Crippen molar-refractivity contribution in [3.05, 3.63) is 0 Å². The van der Waals surface area contributed by atoms with E-state index in [0.717, 1.165) is 0 Å². The zero-order valence-corrected chi connectivity index (χ0v) is 9.79. The maximum Gasteiger partial charge on any atom is 0.699 e. The lowest BCUT2D eigenvalue weighted by Gasteiger charge is -2.20. The molecule has 0 aromatic heterocycles. The van der Waals surface area contributed by atoms with E-state index >= 15 is 0 Å². The largest absolute Gasteiger partial charge is 0.699 e. The van der Waals surface area contributed by atoms with Crippen LogP contribution in [0.15, 0.2) is 0 Å². The molecule has 14 heavy (non-hydrogen) atoms. The molecular formula is C5H13NO6P2+2. The second-order valence-electron chi connectivity index (χ2n) is 3.41. The molecule has 2 atom stereocenters. The second-order valence-corrected chi connectivity index (χ2v) is 4.79. The standard InChI is InChI=1S/C5H11NO6P2/c1-5(2,3)6-4(11-13(7)8)12-14(9)10/h4,6H,1-3H3/p+2. The van der Waals surface area contributed by atoms with Crippen LogP contribution in [0.5, 0.6) is 0 Å². The van der Waals surface area contributed by atoms with Gasteiger partial charge < -0.3 is 0 Å². The van der Waals surface area contributed by atoms with Crippen molar-refractivity contribution >= 4 is 16.5 Å². The van der Waals surface area contributed by atoms with Gasteiger partial charge in [-0.25, -0.2) is 0 Å². The molecular weight excluding hydrogens is 232 g/mol. The van der Waals surface area contributed by atoms with Crippen molar-refractivity contribution in [3.8, 4) is 0 Å². The first-order valence-corrected chi connectivity index (χ1v) is 5.90. The molecule has 0 aliphatic heterocycles. The maximum atomic E-state index is 10.3. The van der Waals surface area contributed by atoms with Crippen molar-refractivity contribution in [2.45, 2.75) is 32.7 Å². The zero-order valence-electron chi connectivity index (χ0n) is 8.00. The second kappa shape index (κ2) is 5.78. The van der Waals surface area contributed by atoms with E-state index in [4.69, 9.17) is 9.79 Å². The van der Waals surface area contributed by atoms with Gasteiger partial charge in [0, 0.05) is 14.7 Å². The summed E-state index contributed by atoms with van der Waals surface area (Å²) in [7, 11) is -5.80. The van der Waals surface area contributed by atoms with E-state index in [2.05, 4.69) is 14.4 Å². The predicted molar refractivity (Wildman–Crippen MR) is 48.5 cm³/mol. The molecule has 9 heteroatoms. The Balaban J connectivity index is 4.24. The topological polar surface area (TPSA) is 105 Å². The van der Waals surface area contributed by atoms with Crippen LogP contribution in [0.25, 0.3) is 0 Å². The molecule has 2 unspecified atom stereocenters. The fourth-order valence-corrected chi connectivity index (χ4v) is 1.18. The Morgan fingerprint density at radius 1 is 1.14 bits per heavy atom. The Morgan fingerprint density at radius 2 is 1.50 bits per heavy atom. The van der Waals surface area contributed by atoms with E-state index in [0.29, 0.717) is 0 Å². The first-order valence-electron chi connectivity index (χ1n) is 3.64. The third-order valence-corrected chi connectivity index (χ3v) is 1.67. The Kier molecular flexibility index (Phi) is 5.78. The van der Waals surface area contributed by atoms with Gasteiger partial charge in [-0.1, -0.05) is 9.05 Å². The van der Waals surface area contributed by atoms with Crippen LogP contribution in [-0.2, 0) is 18.2 Å². The van der Waals surface area contributed by atoms with Crippen LogP contribution in [0.1, 0.15) is 20.8 Å². The van der Waals surface area contributed by atoms with E-state index in [-0.39, 0.29) is 0 Å². The van der Waals surface area contributed by atoms with E-state index in [1.807, 2.05) is 0 Å². The summed E-state index contributed by atoms with van der Waals surface area (Å²) in [6.07, 6.45) is -1.39. The molecule has 7 nitrogen and oxygen atoms in total. The van der Waals surface area contributed by atoms with Gasteiger partial charge >= 0.3 is 22.9 Å². The summed E-state index contributed by atoms with van der Waals surface area (Å²) < 4.78 is 29.3. The SMILES string of the molecule is CC(C)(C)NC(O[P+](=O)O)O[P+](=O)O. The molecule has 0 heterocycles. The molecule has 0 spiro atoms. The average Bonchev–Trinajstić information content (AvgIpc) is 1.77. The lowest BCUT2D eigenvalue weighted by molar-refractivity contribution is -0.0407. The van der Waals surface area contributed by atoms with Crippen LogP contribution in [0.4, 0.5) is 0 Å². The Morgan fingerprint density at radius 3 is 1.71 bits per heavy atom. The van der Waals surface area contributed by atoms with Gasteiger partial charge in [0.05, 0.1) is 0 Å². The van der Waals surface area contributed by atoms with Crippen molar-refractivity contribution in [2.24, 2.45) is 0 Å². The van der Waals surface area contributed by atoms with Crippen molar-refractivity contribution in [1.29, 1.82) is 0 Å². The summed E-state index contributed by atoms with van der Waals surface area (Å²) in [5, 5.41) is 2.59. The Bertz CT molecular complexity index is 211. The van der Waals surface area contributed by atoms with Gasteiger partial charge in [0.2, 0.25) is 0 Å². The van der Waals surface area contributed by atoms with Crippen LogP contribution < -0.4 is 5.32 Å². The van der Waals surface area contributed by atoms with Gasteiger partial charge in [0.15, 0.2) is 0 Å². The molecule has 0 aliphatic carbocycles. The van der Waals surface area contributed by atoms with Gasteiger partial charge in [-0.2, -0.15) is 0 Å². The number of nitrogens with one attached hydrogen (secondary N) is 1. The first-order chi connectivity index (χ1) is 6.20. The van der Waals surface area contributed by atoms with E-state index in [9.17, 15) is 9.13 Å². The maximum absolute atomic E-state index is 10.3. The summed E-state index contributed by atoms with van der Waals surface area (Å²) in [4.78, 5) is 16.8. The molecule has 0 radical (unpaired) electrons. The smallest absolute Gasteiger partial charge is 0.256 e. The Labute approximate surface area is 83.3 Å². The number of hydrogen-bond donors (Lipinski definition) is 3. The van der Waals surface area contributed by atoms with Crippen molar-refractivity contribution in [3.63, 3.8) is 0 Å². The normalized spacial score (nSPS) is 16.4. The molecule has 0 aromatic rings. The quantitative estimate of drug-likeness (QED) is 0.489. The molecule has 0 saturated heterocycles. The highest BCUT2D eigenvalue weighted by atomic mass is 31.1. The molecule has 0 amide bonds. The summed E-state index contributed by atoms with van der Waals surface area (Å²) in [5.74, 6) is 0. The van der Waals surface area contributed by atoms with Crippen molar-refractivity contribution < 1.29 is 28.0 Å². The third-order valence-electron chi connectivity index (χ3n) is 0.923. The molecule has 0 fully saturated rings. The van der Waals surface area contributed by atoms with Gasteiger partial charge in [0.25, 0.3) is 0 Å². The van der Waals surface area contributed by atoms with Crippen LogP contribution in [-0.4, -0.2) is 21.7 Å². The molecule has 0 rings (SSSR count). The third kappa shape index (κ3) is 8.59. The fourth-order valence-electron chi connectivity index (χ4n) is 0.589. The van der Waals surface area contributed by atoms with E-state index < -0.39 is 28.5 Å². The van der Waals surface area contributed by atoms with Crippen molar-refractivity contribution in [1.82, 2.24) is 5.32 Å². The molecule has 0 bridgehead atoms. The van der Waals surface area contributed by atoms with E-state index in [1.54, 1.807) is 20.8 Å². The number of hydrogen-bond acceptors (Lipinski definition) is 5. The molecule has 82 valence electrons. The summed E-state index contributed by atoms with van der Waals surface area (Å²) in [6.45, 7) is 5.21. The highest BCUT2D eigenvalue weighted by Crippen LogP contribution is 2.25. The molecule has 0 aliphatic rings. The van der Waals surface area contributed by atoms with Gasteiger partial charge in [-0.15, -0.1) is 9.79 Å². The summed E-state index contributed by atoms with van der Waals surface area (Å²) in [5.41, 5.74) is -0.485. The zero-order chi connectivity index (χ0) is 11.4. The minimum atomic E-state index is -2.90. The average molecular weight is 245 g/mol. The lowest BCUT2D eigenvalue weighted by atomic mass is 10.1. The fraction of sp³-hybridized carbons (Fsp3) is 1.00. The highest BCUT2D eigenvalue weighted by molar-refractivity contribution is 7.32. The molecule has 3 N–H and O–H groups in total. The Hall–Kier alpha value is -0.0000000000000000763. The minimum absolute atomic E-state index is 0.485. The van der Waals surface area contributed by atoms with Crippen molar-refractivity contribution in [2.75, 3.05) is 0 Å². The predicted octanol–water partition coefficient (Wildman–Crippen LogP) is 0.991. The van der Waals surface area contributed by atoms with Gasteiger partial charge in [0.1, 0.15) is 0 Å². The first kappa shape index (κ1) is 14.0. The lowest BCUT2D eigenvalue weighted by Crippen LogP contribution is -2.44. The highest BCUT2D eigenvalue weighted by Gasteiger charge is 2.34. The van der Waals surface area contributed by atoms with Crippen LogP contribution in [0.2, 0.25) is 0 Å². The summed E-state index contributed by atoms with van der Waals surface area (Å²) in [6, 6.07) is 0. The van der Waals surface area contributed by atoms with Crippen LogP contribution in [0, 0.1) is 0 Å². The molecule has 0 saturated carbocycles.